The highest BCUT2D eigenvalue weighted by molar-refractivity contribution is 6.35. The van der Waals surface area contributed by atoms with Crippen LogP contribution in [0.3, 0.4) is 0 Å². The van der Waals surface area contributed by atoms with E-state index in [9.17, 15) is 18.7 Å². The average molecular weight is 414 g/mol. The van der Waals surface area contributed by atoms with Gasteiger partial charge in [0.2, 0.25) is 5.92 Å². The first-order valence-electron chi connectivity index (χ1n) is 9.74. The second-order valence-electron chi connectivity index (χ2n) is 7.57. The van der Waals surface area contributed by atoms with E-state index in [4.69, 9.17) is 16.3 Å². The molecule has 1 saturated carbocycles. The van der Waals surface area contributed by atoms with Crippen molar-refractivity contribution in [2.24, 2.45) is 0 Å². The first-order valence-corrected chi connectivity index (χ1v) is 10.1. The van der Waals surface area contributed by atoms with Crippen molar-refractivity contribution in [3.63, 3.8) is 0 Å². The van der Waals surface area contributed by atoms with Crippen molar-refractivity contribution < 1.29 is 23.4 Å². The Morgan fingerprint density at radius 2 is 2.04 bits per heavy atom. The zero-order chi connectivity index (χ0) is 20.4. The Bertz CT molecular complexity index is 840. The molecule has 0 spiro atoms. The predicted octanol–water partition coefficient (Wildman–Crippen LogP) is 5.08. The molecule has 3 rings (SSSR count). The van der Waals surface area contributed by atoms with E-state index in [0.717, 1.165) is 5.69 Å². The SMILES string of the molecule is CCOCCc1cc(C(=O)CCC2(O)CCC(F)(F)CC2)c2c(Cl)cccn12. The quantitative estimate of drug-likeness (QED) is 0.485. The Morgan fingerprint density at radius 3 is 2.71 bits per heavy atom. The Kier molecular flexibility index (Phi) is 6.42. The molecule has 0 aliphatic heterocycles. The van der Waals surface area contributed by atoms with Gasteiger partial charge in [0, 0.05) is 49.7 Å². The van der Waals surface area contributed by atoms with Crippen molar-refractivity contribution in [2.75, 3.05) is 13.2 Å². The monoisotopic (exact) mass is 413 g/mol. The summed E-state index contributed by atoms with van der Waals surface area (Å²) in [6.45, 7) is 3.08. The molecular weight excluding hydrogens is 388 g/mol. The lowest BCUT2D eigenvalue weighted by Crippen LogP contribution is -2.38. The number of hydrogen-bond acceptors (Lipinski definition) is 3. The molecule has 28 heavy (non-hydrogen) atoms. The van der Waals surface area contributed by atoms with Crippen LogP contribution in [0.2, 0.25) is 5.02 Å². The van der Waals surface area contributed by atoms with Crippen molar-refractivity contribution in [1.29, 1.82) is 0 Å². The van der Waals surface area contributed by atoms with E-state index in [2.05, 4.69) is 0 Å². The molecule has 0 saturated heterocycles. The molecule has 0 atom stereocenters. The highest BCUT2D eigenvalue weighted by Crippen LogP contribution is 2.40. The zero-order valence-corrected chi connectivity index (χ0v) is 16.8. The van der Waals surface area contributed by atoms with E-state index in [1.54, 1.807) is 6.07 Å². The fourth-order valence-electron chi connectivity index (χ4n) is 3.82. The predicted molar refractivity (Wildman–Crippen MR) is 105 cm³/mol. The van der Waals surface area contributed by atoms with Gasteiger partial charge in [-0.1, -0.05) is 11.6 Å². The summed E-state index contributed by atoms with van der Waals surface area (Å²) in [5.41, 5.74) is 0.865. The number of halogens is 3. The van der Waals surface area contributed by atoms with Crippen molar-refractivity contribution in [3.05, 3.63) is 40.7 Å². The van der Waals surface area contributed by atoms with Gasteiger partial charge in [-0.25, -0.2) is 8.78 Å². The Balaban J connectivity index is 1.76. The van der Waals surface area contributed by atoms with E-state index in [1.807, 2.05) is 29.7 Å². The molecule has 0 bridgehead atoms. The maximum Gasteiger partial charge on any atom is 0.248 e. The number of rotatable bonds is 8. The number of ether oxygens (including phenoxy) is 1. The van der Waals surface area contributed by atoms with Crippen molar-refractivity contribution in [3.8, 4) is 0 Å². The maximum atomic E-state index is 13.4. The Labute approximate surface area is 168 Å². The van der Waals surface area contributed by atoms with Crippen LogP contribution in [-0.2, 0) is 11.2 Å². The highest BCUT2D eigenvalue weighted by atomic mass is 35.5. The summed E-state index contributed by atoms with van der Waals surface area (Å²) in [6.07, 6.45) is 2.14. The van der Waals surface area contributed by atoms with E-state index >= 15 is 0 Å². The number of ketones is 1. The van der Waals surface area contributed by atoms with E-state index in [0.29, 0.717) is 35.7 Å². The summed E-state index contributed by atoms with van der Waals surface area (Å²) in [6, 6.07) is 5.37. The molecule has 1 fully saturated rings. The number of fused-ring (bicyclic) bond motifs is 1. The lowest BCUT2D eigenvalue weighted by molar-refractivity contribution is -0.105. The highest BCUT2D eigenvalue weighted by Gasteiger charge is 2.42. The van der Waals surface area contributed by atoms with Crippen LogP contribution in [0.15, 0.2) is 24.4 Å². The van der Waals surface area contributed by atoms with Crippen LogP contribution in [0.5, 0.6) is 0 Å². The number of nitrogens with zero attached hydrogens (tertiary/aromatic N) is 1. The van der Waals surface area contributed by atoms with E-state index < -0.39 is 11.5 Å². The van der Waals surface area contributed by atoms with Crippen molar-refractivity contribution >= 4 is 22.9 Å². The number of aromatic nitrogens is 1. The summed E-state index contributed by atoms with van der Waals surface area (Å²) in [5, 5.41) is 11.1. The molecule has 2 aromatic rings. The molecule has 4 nitrogen and oxygen atoms in total. The largest absolute Gasteiger partial charge is 0.390 e. The van der Waals surface area contributed by atoms with Crippen LogP contribution in [0.25, 0.3) is 5.52 Å². The Morgan fingerprint density at radius 1 is 1.32 bits per heavy atom. The zero-order valence-electron chi connectivity index (χ0n) is 16.0. The third-order valence-electron chi connectivity index (χ3n) is 5.56. The van der Waals surface area contributed by atoms with E-state index in [1.165, 1.54) is 0 Å². The van der Waals surface area contributed by atoms with E-state index in [-0.39, 0.29) is 44.3 Å². The summed E-state index contributed by atoms with van der Waals surface area (Å²) in [4.78, 5) is 12.9. The fraction of sp³-hybridized carbons (Fsp3) is 0.571. The third-order valence-corrected chi connectivity index (χ3v) is 5.86. The molecular formula is C21H26ClF2NO3. The lowest BCUT2D eigenvalue weighted by Gasteiger charge is -2.35. The number of pyridine rings is 1. The van der Waals surface area contributed by atoms with Gasteiger partial charge in [-0.3, -0.25) is 4.79 Å². The van der Waals surface area contributed by atoms with Crippen molar-refractivity contribution in [1.82, 2.24) is 4.40 Å². The molecule has 1 aliphatic rings. The molecule has 154 valence electrons. The minimum absolute atomic E-state index is 0.0180. The van der Waals surface area contributed by atoms with Crippen LogP contribution in [-0.4, -0.2) is 40.0 Å². The average Bonchev–Trinajstić information content (AvgIpc) is 3.03. The number of aliphatic hydroxyl groups is 1. The van der Waals surface area contributed by atoms with Gasteiger partial charge in [-0.05, 0) is 44.4 Å². The number of Topliss-reactive ketones (excluding diaryl/α,β-unsaturated/α-hetero) is 1. The summed E-state index contributed by atoms with van der Waals surface area (Å²) in [5.74, 6) is -2.85. The molecule has 0 aromatic carbocycles. The van der Waals surface area contributed by atoms with Gasteiger partial charge in [-0.2, -0.15) is 0 Å². The smallest absolute Gasteiger partial charge is 0.248 e. The summed E-state index contributed by atoms with van der Waals surface area (Å²) in [7, 11) is 0. The van der Waals surface area contributed by atoms with Gasteiger partial charge in [0.15, 0.2) is 5.78 Å². The number of carbonyl (C=O) groups is 1. The molecule has 0 unspecified atom stereocenters. The standard InChI is InChI=1S/C21H26ClF2NO3/c1-2-28-13-6-15-14-16(19-17(22)4-3-12-25(15)19)18(26)5-7-20(27)8-10-21(23,24)11-9-20/h3-4,12,14,27H,2,5-11,13H2,1H3. The van der Waals surface area contributed by atoms with Gasteiger partial charge >= 0.3 is 0 Å². The molecule has 2 heterocycles. The second kappa shape index (κ2) is 8.47. The fourth-order valence-corrected chi connectivity index (χ4v) is 4.09. The van der Waals surface area contributed by atoms with Gasteiger partial charge in [0.05, 0.1) is 22.7 Å². The van der Waals surface area contributed by atoms with Gasteiger partial charge in [-0.15, -0.1) is 0 Å². The first-order chi connectivity index (χ1) is 13.2. The second-order valence-corrected chi connectivity index (χ2v) is 7.98. The normalized spacial score (nSPS) is 18.5. The van der Waals surface area contributed by atoms with Crippen LogP contribution < -0.4 is 0 Å². The topological polar surface area (TPSA) is 50.9 Å². The molecule has 0 radical (unpaired) electrons. The van der Waals surface area contributed by atoms with Crippen LogP contribution >= 0.6 is 11.6 Å². The maximum absolute atomic E-state index is 13.4. The van der Waals surface area contributed by atoms with Crippen LogP contribution in [0, 0.1) is 0 Å². The minimum atomic E-state index is -2.71. The summed E-state index contributed by atoms with van der Waals surface area (Å²) < 4.78 is 34.0. The molecule has 7 heteroatoms. The van der Waals surface area contributed by atoms with Gasteiger partial charge in [0.1, 0.15) is 0 Å². The molecule has 1 N–H and O–H groups in total. The van der Waals surface area contributed by atoms with Crippen LogP contribution in [0.4, 0.5) is 8.78 Å². The summed E-state index contributed by atoms with van der Waals surface area (Å²) >= 11 is 6.35. The number of hydrogen-bond donors (Lipinski definition) is 1. The minimum Gasteiger partial charge on any atom is -0.390 e. The van der Waals surface area contributed by atoms with Crippen molar-refractivity contribution in [2.45, 2.75) is 63.4 Å². The number of carbonyl (C=O) groups excluding carboxylic acids is 1. The molecule has 2 aromatic heterocycles. The third kappa shape index (κ3) is 4.73. The Hall–Kier alpha value is -1.50. The van der Waals surface area contributed by atoms with Gasteiger partial charge < -0.3 is 14.2 Å². The molecule has 1 aliphatic carbocycles. The molecule has 0 amide bonds. The van der Waals surface area contributed by atoms with Crippen LogP contribution in [0.1, 0.15) is 61.5 Å². The lowest BCUT2D eigenvalue weighted by atomic mass is 9.79. The number of alkyl halides is 2. The van der Waals surface area contributed by atoms with Gasteiger partial charge in [0.25, 0.3) is 0 Å². The first kappa shape index (κ1) is 21.2.